The molecule has 40 heavy (non-hydrogen) atoms. The Kier molecular flexibility index (Phi) is 3.21. The molecule has 3 nitrogen and oxygen atoms in total. The Bertz CT molecular complexity index is 2610. The molecule has 6 aromatic carbocycles. The van der Waals surface area contributed by atoms with Gasteiger partial charge in [-0.1, -0.05) is 91.0 Å². The molecule has 0 saturated carbocycles. The fraction of sp³-hybridized carbons (Fsp3) is 0. The molecule has 9 aromatic rings. The van der Waals surface area contributed by atoms with Gasteiger partial charge in [-0.25, -0.2) is 0 Å². The van der Waals surface area contributed by atoms with Gasteiger partial charge in [0.25, 0.3) is 6.71 Å². The number of rotatable bonds is 0. The number of benzene rings is 6. The van der Waals surface area contributed by atoms with Crippen molar-refractivity contribution in [1.29, 1.82) is 0 Å². The first-order valence-corrected chi connectivity index (χ1v) is 13.9. The van der Waals surface area contributed by atoms with Crippen LogP contribution >= 0.6 is 0 Å². The second kappa shape index (κ2) is 6.49. The molecule has 0 unspecified atom stereocenters. The lowest BCUT2D eigenvalue weighted by atomic mass is 9.34. The average Bonchev–Trinajstić information content (AvgIpc) is 3.67. The molecule has 11 rings (SSSR count). The minimum atomic E-state index is 0.114. The summed E-state index contributed by atoms with van der Waals surface area (Å²) in [5.74, 6) is 0. The van der Waals surface area contributed by atoms with Crippen LogP contribution in [0, 0.1) is 0 Å². The highest BCUT2D eigenvalue weighted by molar-refractivity contribution is 7.00. The Balaban J connectivity index is 1.45. The number of hydrogen-bond acceptors (Lipinski definition) is 1. The molecular formula is C36H19BN2O. The van der Waals surface area contributed by atoms with Crippen LogP contribution in [-0.2, 0) is 0 Å². The van der Waals surface area contributed by atoms with Crippen LogP contribution in [-0.4, -0.2) is 15.8 Å². The van der Waals surface area contributed by atoms with Gasteiger partial charge in [0.15, 0.2) is 5.58 Å². The lowest BCUT2D eigenvalue weighted by molar-refractivity contribution is 0.667. The summed E-state index contributed by atoms with van der Waals surface area (Å²) in [7, 11) is 0. The van der Waals surface area contributed by atoms with E-state index in [4.69, 9.17) is 4.42 Å². The topological polar surface area (TPSA) is 23.0 Å². The van der Waals surface area contributed by atoms with Crippen molar-refractivity contribution in [1.82, 2.24) is 9.13 Å². The maximum Gasteiger partial charge on any atom is 0.252 e. The summed E-state index contributed by atoms with van der Waals surface area (Å²) in [6.07, 6.45) is 0. The molecule has 0 spiro atoms. The first-order valence-electron chi connectivity index (χ1n) is 13.9. The quantitative estimate of drug-likeness (QED) is 0.205. The van der Waals surface area contributed by atoms with Crippen molar-refractivity contribution >= 4 is 88.7 Å². The van der Waals surface area contributed by atoms with Gasteiger partial charge in [0.05, 0.1) is 22.2 Å². The normalized spacial score (nSPS) is 13.4. The minimum Gasteiger partial charge on any atom is -0.454 e. The standard InChI is InChI=1S/C36H19BN2O/c1-4-13-28-20(8-1)23-11-7-12-26-33(23)38(28)30-19-17-24-21-9-2-5-14-29(21)39-34(24)32(30)37(26)27-18-16-25-22-10-3-6-15-31(22)40-36(25)35(27)39/h1-19H. The third kappa shape index (κ3) is 2.03. The molecule has 2 aliphatic heterocycles. The molecular weight excluding hydrogens is 487 g/mol. The maximum atomic E-state index is 6.72. The van der Waals surface area contributed by atoms with E-state index < -0.39 is 0 Å². The number of hydrogen-bond donors (Lipinski definition) is 0. The first kappa shape index (κ1) is 19.8. The summed E-state index contributed by atoms with van der Waals surface area (Å²) in [6.45, 7) is 0.114. The second-order valence-corrected chi connectivity index (χ2v) is 11.3. The van der Waals surface area contributed by atoms with Crippen molar-refractivity contribution in [2.45, 2.75) is 0 Å². The highest BCUT2D eigenvalue weighted by Crippen LogP contribution is 2.42. The molecule has 3 aromatic heterocycles. The van der Waals surface area contributed by atoms with Crippen molar-refractivity contribution in [3.05, 3.63) is 115 Å². The Hall–Kier alpha value is -5.22. The Labute approximate surface area is 228 Å². The van der Waals surface area contributed by atoms with Crippen LogP contribution in [0.5, 0.6) is 0 Å². The van der Waals surface area contributed by atoms with Crippen LogP contribution in [0.25, 0.3) is 76.9 Å². The van der Waals surface area contributed by atoms with Gasteiger partial charge >= 0.3 is 0 Å². The van der Waals surface area contributed by atoms with E-state index in [9.17, 15) is 0 Å². The predicted molar refractivity (Wildman–Crippen MR) is 167 cm³/mol. The van der Waals surface area contributed by atoms with Crippen molar-refractivity contribution in [2.24, 2.45) is 0 Å². The molecule has 0 radical (unpaired) electrons. The van der Waals surface area contributed by atoms with Gasteiger partial charge in [0.1, 0.15) is 5.58 Å². The van der Waals surface area contributed by atoms with E-state index in [-0.39, 0.29) is 6.71 Å². The SMILES string of the molecule is c1ccc2c(c1)oc1c3c(ccc12)B1c2cccc4c5ccccc5n(c24)-c2ccc4c5ccccc5n-3c4c21. The van der Waals surface area contributed by atoms with Gasteiger partial charge in [-0.3, -0.25) is 0 Å². The number of para-hydroxylation sites is 4. The smallest absolute Gasteiger partial charge is 0.252 e. The number of nitrogens with zero attached hydrogens (tertiary/aromatic N) is 2. The van der Waals surface area contributed by atoms with Crippen molar-refractivity contribution in [2.75, 3.05) is 0 Å². The summed E-state index contributed by atoms with van der Waals surface area (Å²) in [6, 6.07) is 42.3. The van der Waals surface area contributed by atoms with Crippen LogP contribution in [0.2, 0.25) is 0 Å². The lowest BCUT2D eigenvalue weighted by Gasteiger charge is -2.33. The fourth-order valence-corrected chi connectivity index (χ4v) is 8.04. The summed E-state index contributed by atoms with van der Waals surface area (Å²) >= 11 is 0. The Morgan fingerprint density at radius 3 is 2.00 bits per heavy atom. The highest BCUT2D eigenvalue weighted by atomic mass is 16.3. The number of aromatic nitrogens is 2. The third-order valence-electron chi connectivity index (χ3n) is 9.51. The molecule has 0 N–H and O–H groups in total. The summed E-state index contributed by atoms with van der Waals surface area (Å²) < 4.78 is 11.7. The van der Waals surface area contributed by atoms with E-state index in [1.165, 1.54) is 82.1 Å². The van der Waals surface area contributed by atoms with E-state index in [0.717, 1.165) is 11.2 Å². The second-order valence-electron chi connectivity index (χ2n) is 11.3. The van der Waals surface area contributed by atoms with Gasteiger partial charge in [-0.05, 0) is 40.7 Å². The first-order chi connectivity index (χ1) is 19.9. The van der Waals surface area contributed by atoms with Gasteiger partial charge in [-0.15, -0.1) is 0 Å². The molecule has 4 heteroatoms. The zero-order chi connectivity index (χ0) is 25.7. The zero-order valence-corrected chi connectivity index (χ0v) is 21.3. The maximum absolute atomic E-state index is 6.72. The molecule has 0 atom stereocenters. The van der Waals surface area contributed by atoms with Gasteiger partial charge in [-0.2, -0.15) is 0 Å². The Morgan fingerprint density at radius 1 is 0.475 bits per heavy atom. The fourth-order valence-electron chi connectivity index (χ4n) is 8.04. The van der Waals surface area contributed by atoms with Crippen LogP contribution in [0.4, 0.5) is 0 Å². The average molecular weight is 506 g/mol. The van der Waals surface area contributed by atoms with Gasteiger partial charge in [0.2, 0.25) is 0 Å². The molecule has 0 saturated heterocycles. The Morgan fingerprint density at radius 2 is 1.15 bits per heavy atom. The number of fused-ring (bicyclic) bond motifs is 15. The van der Waals surface area contributed by atoms with Gasteiger partial charge in [0, 0.05) is 43.5 Å². The van der Waals surface area contributed by atoms with Crippen molar-refractivity contribution in [3.63, 3.8) is 0 Å². The third-order valence-corrected chi connectivity index (χ3v) is 9.51. The van der Waals surface area contributed by atoms with Crippen molar-refractivity contribution < 1.29 is 4.42 Å². The van der Waals surface area contributed by atoms with E-state index >= 15 is 0 Å². The van der Waals surface area contributed by atoms with Crippen molar-refractivity contribution in [3.8, 4) is 11.4 Å². The molecule has 5 heterocycles. The molecule has 0 fully saturated rings. The largest absolute Gasteiger partial charge is 0.454 e. The molecule has 2 aliphatic rings. The van der Waals surface area contributed by atoms with Crippen LogP contribution in [0.15, 0.2) is 120 Å². The molecule has 182 valence electrons. The van der Waals surface area contributed by atoms with E-state index in [2.05, 4.69) is 124 Å². The van der Waals surface area contributed by atoms with Crippen LogP contribution in [0.3, 0.4) is 0 Å². The molecule has 0 bridgehead atoms. The van der Waals surface area contributed by atoms with Crippen LogP contribution < -0.4 is 16.4 Å². The van der Waals surface area contributed by atoms with E-state index in [1.807, 2.05) is 0 Å². The summed E-state index contributed by atoms with van der Waals surface area (Å²) in [4.78, 5) is 0. The predicted octanol–water partition coefficient (Wildman–Crippen LogP) is 6.92. The molecule has 0 aliphatic carbocycles. The highest BCUT2D eigenvalue weighted by Gasteiger charge is 2.41. The van der Waals surface area contributed by atoms with E-state index in [1.54, 1.807) is 0 Å². The zero-order valence-electron chi connectivity index (χ0n) is 21.3. The van der Waals surface area contributed by atoms with E-state index in [0.29, 0.717) is 0 Å². The minimum absolute atomic E-state index is 0.114. The molecule has 0 amide bonds. The van der Waals surface area contributed by atoms with Crippen LogP contribution in [0.1, 0.15) is 0 Å². The lowest BCUT2D eigenvalue weighted by Crippen LogP contribution is -2.59. The summed E-state index contributed by atoms with van der Waals surface area (Å²) in [5.41, 5.74) is 13.5. The number of furan rings is 1. The monoisotopic (exact) mass is 506 g/mol. The summed E-state index contributed by atoms with van der Waals surface area (Å²) in [5, 5.41) is 7.53. The van der Waals surface area contributed by atoms with Gasteiger partial charge < -0.3 is 13.6 Å².